The molecule has 1 heterocycles. The third kappa shape index (κ3) is 2.59. The van der Waals surface area contributed by atoms with Crippen LogP contribution in [-0.4, -0.2) is 29.3 Å². The van der Waals surface area contributed by atoms with E-state index in [-0.39, 0.29) is 11.8 Å². The van der Waals surface area contributed by atoms with Gasteiger partial charge in [-0.05, 0) is 39.5 Å². The van der Waals surface area contributed by atoms with Gasteiger partial charge in [0.15, 0.2) is 6.23 Å². The van der Waals surface area contributed by atoms with Crippen molar-refractivity contribution in [1.82, 2.24) is 4.90 Å². The Morgan fingerprint density at radius 1 is 1.42 bits per heavy atom. The average molecular weight is 261 g/mol. The lowest BCUT2D eigenvalue weighted by Crippen LogP contribution is -2.65. The highest BCUT2D eigenvalue weighted by Crippen LogP contribution is 2.45. The normalized spacial score (nSPS) is 37.9. The largest absolute Gasteiger partial charge is 0.348 e. The molecule has 1 saturated carbocycles. The summed E-state index contributed by atoms with van der Waals surface area (Å²) in [5, 5.41) is 0. The van der Waals surface area contributed by atoms with Crippen molar-refractivity contribution >= 4 is 0 Å². The minimum absolute atomic E-state index is 0.0835. The van der Waals surface area contributed by atoms with E-state index in [1.54, 1.807) is 0 Å². The average Bonchev–Trinajstić information content (AvgIpc) is 2.36. The fourth-order valence-corrected chi connectivity index (χ4v) is 3.81. The van der Waals surface area contributed by atoms with Crippen LogP contribution in [0.25, 0.3) is 0 Å². The summed E-state index contributed by atoms with van der Waals surface area (Å²) in [5.74, 6) is 7.50. The van der Waals surface area contributed by atoms with E-state index in [1.165, 1.54) is 19.3 Å². The molecule has 0 spiro atoms. The number of hydrogen-bond acceptors (Lipinski definition) is 2. The molecule has 1 aliphatic carbocycles. The number of fused-ring (bicyclic) bond motifs is 1. The fraction of sp³-hybridized carbons (Fsp3) is 0.765. The van der Waals surface area contributed by atoms with Gasteiger partial charge in [0.25, 0.3) is 0 Å². The van der Waals surface area contributed by atoms with Gasteiger partial charge >= 0.3 is 0 Å². The molecule has 0 bridgehead atoms. The highest BCUT2D eigenvalue weighted by atomic mass is 16.5. The third-order valence-corrected chi connectivity index (χ3v) is 4.94. The Kier molecular flexibility index (Phi) is 4.38. The molecule has 0 aromatic carbocycles. The van der Waals surface area contributed by atoms with Crippen LogP contribution in [0.1, 0.15) is 47.0 Å². The first-order valence-corrected chi connectivity index (χ1v) is 7.47. The molecule has 0 N–H and O–H groups in total. The van der Waals surface area contributed by atoms with E-state index in [0.29, 0.717) is 17.9 Å². The van der Waals surface area contributed by atoms with E-state index in [0.717, 1.165) is 6.54 Å². The highest BCUT2D eigenvalue weighted by Gasteiger charge is 2.50. The Balaban J connectivity index is 2.32. The van der Waals surface area contributed by atoms with Crippen molar-refractivity contribution in [3.05, 3.63) is 12.7 Å². The number of nitrogens with zero attached hydrogens (tertiary/aromatic N) is 1. The number of hydrogen-bond donors (Lipinski definition) is 0. The second-order valence-corrected chi connectivity index (χ2v) is 6.46. The molecular weight excluding hydrogens is 234 g/mol. The molecule has 4 unspecified atom stereocenters. The first-order valence-electron chi connectivity index (χ1n) is 7.47. The minimum Gasteiger partial charge on any atom is -0.348 e. The molecule has 19 heavy (non-hydrogen) atoms. The quantitative estimate of drug-likeness (QED) is 0.558. The Morgan fingerprint density at radius 3 is 2.79 bits per heavy atom. The van der Waals surface area contributed by atoms with Crippen LogP contribution in [-0.2, 0) is 4.74 Å². The van der Waals surface area contributed by atoms with Crippen LogP contribution in [0.15, 0.2) is 12.7 Å². The van der Waals surface area contributed by atoms with Crippen LogP contribution >= 0.6 is 0 Å². The zero-order chi connectivity index (χ0) is 14.0. The topological polar surface area (TPSA) is 12.5 Å². The lowest BCUT2D eigenvalue weighted by atomic mass is 9.69. The third-order valence-electron chi connectivity index (χ3n) is 4.94. The van der Waals surface area contributed by atoms with Gasteiger partial charge in [-0.2, -0.15) is 0 Å². The fourth-order valence-electron chi connectivity index (χ4n) is 3.81. The van der Waals surface area contributed by atoms with Crippen LogP contribution in [0.5, 0.6) is 0 Å². The predicted octanol–water partition coefficient (Wildman–Crippen LogP) is 3.44. The summed E-state index contributed by atoms with van der Waals surface area (Å²) in [7, 11) is 0. The van der Waals surface area contributed by atoms with Gasteiger partial charge in [-0.15, -0.1) is 12.5 Å². The molecule has 0 aromatic rings. The van der Waals surface area contributed by atoms with Crippen molar-refractivity contribution in [2.75, 3.05) is 6.54 Å². The van der Waals surface area contributed by atoms with Gasteiger partial charge in [0.1, 0.15) is 0 Å². The van der Waals surface area contributed by atoms with Crippen molar-refractivity contribution in [3.8, 4) is 11.8 Å². The molecule has 0 aromatic heterocycles. The van der Waals surface area contributed by atoms with Crippen LogP contribution in [0.4, 0.5) is 0 Å². The minimum atomic E-state index is -0.0835. The maximum atomic E-state index is 6.35. The highest BCUT2D eigenvalue weighted by molar-refractivity contribution is 5.11. The molecule has 2 rings (SSSR count). The van der Waals surface area contributed by atoms with E-state index in [4.69, 9.17) is 4.74 Å². The monoisotopic (exact) mass is 261 g/mol. The van der Waals surface area contributed by atoms with Crippen molar-refractivity contribution < 1.29 is 4.74 Å². The summed E-state index contributed by atoms with van der Waals surface area (Å²) >= 11 is 0. The maximum absolute atomic E-state index is 6.35. The summed E-state index contributed by atoms with van der Waals surface area (Å²) in [6.45, 7) is 13.6. The maximum Gasteiger partial charge on any atom is 0.174 e. The predicted molar refractivity (Wildman–Crippen MR) is 79.6 cm³/mol. The van der Waals surface area contributed by atoms with Gasteiger partial charge in [-0.1, -0.05) is 25.3 Å². The number of ether oxygens (including phenoxy) is 1. The molecule has 1 saturated heterocycles. The van der Waals surface area contributed by atoms with E-state index in [1.807, 2.05) is 13.0 Å². The Morgan fingerprint density at radius 2 is 2.16 bits per heavy atom. The number of rotatable bonds is 2. The second-order valence-electron chi connectivity index (χ2n) is 6.46. The molecule has 106 valence electrons. The Hall–Kier alpha value is -0.780. The standard InChI is InChI=1S/C17H27NO/c1-6-9-15-18(12-7-2)17(4,5)14-11-8-10-13(3)16(14)19-15/h7,13-16H,2,8,10-12H2,1,3-5H3. The Bertz CT molecular complexity index is 390. The van der Waals surface area contributed by atoms with Gasteiger partial charge in [-0.3, -0.25) is 4.90 Å². The van der Waals surface area contributed by atoms with Gasteiger partial charge in [0.05, 0.1) is 6.10 Å². The summed E-state index contributed by atoms with van der Waals surface area (Å²) in [4.78, 5) is 2.37. The zero-order valence-electron chi connectivity index (χ0n) is 12.8. The first-order chi connectivity index (χ1) is 9.02. The van der Waals surface area contributed by atoms with Crippen LogP contribution in [0.2, 0.25) is 0 Å². The summed E-state index contributed by atoms with van der Waals surface area (Å²) in [6, 6.07) is 0. The zero-order valence-corrected chi connectivity index (χ0v) is 12.8. The smallest absolute Gasteiger partial charge is 0.174 e. The van der Waals surface area contributed by atoms with Crippen LogP contribution in [0, 0.1) is 23.7 Å². The van der Waals surface area contributed by atoms with E-state index in [9.17, 15) is 0 Å². The van der Waals surface area contributed by atoms with Crippen LogP contribution in [0.3, 0.4) is 0 Å². The lowest BCUT2D eigenvalue weighted by Gasteiger charge is -2.56. The molecule has 2 heteroatoms. The molecule has 2 nitrogen and oxygen atoms in total. The second kappa shape index (κ2) is 5.69. The summed E-state index contributed by atoms with van der Waals surface area (Å²) in [6.07, 6.45) is 6.10. The summed E-state index contributed by atoms with van der Waals surface area (Å²) < 4.78 is 6.35. The molecule has 0 radical (unpaired) electrons. The van der Waals surface area contributed by atoms with Crippen molar-refractivity contribution in [2.45, 2.75) is 64.8 Å². The van der Waals surface area contributed by atoms with Crippen LogP contribution < -0.4 is 0 Å². The molecule has 0 amide bonds. The first kappa shape index (κ1) is 14.6. The molecule has 1 aliphatic heterocycles. The van der Waals surface area contributed by atoms with E-state index in [2.05, 4.69) is 44.1 Å². The molecular formula is C17H27NO. The SMILES string of the molecule is C=CCN1C(C#CC)OC2C(C)CCCC2C1(C)C. The van der Waals surface area contributed by atoms with Gasteiger partial charge in [0.2, 0.25) is 0 Å². The molecule has 2 aliphatic rings. The summed E-state index contributed by atoms with van der Waals surface area (Å²) in [5.41, 5.74) is 0.125. The van der Waals surface area contributed by atoms with Gasteiger partial charge in [0, 0.05) is 18.0 Å². The molecule has 4 atom stereocenters. The van der Waals surface area contributed by atoms with Gasteiger partial charge < -0.3 is 4.74 Å². The van der Waals surface area contributed by atoms with Crippen molar-refractivity contribution in [2.24, 2.45) is 11.8 Å². The molecule has 2 fully saturated rings. The lowest BCUT2D eigenvalue weighted by molar-refractivity contribution is -0.217. The van der Waals surface area contributed by atoms with E-state index < -0.39 is 0 Å². The Labute approximate surface area is 118 Å². The van der Waals surface area contributed by atoms with Crippen molar-refractivity contribution in [3.63, 3.8) is 0 Å². The van der Waals surface area contributed by atoms with Gasteiger partial charge in [-0.25, -0.2) is 0 Å². The van der Waals surface area contributed by atoms with E-state index >= 15 is 0 Å². The van der Waals surface area contributed by atoms with Crippen molar-refractivity contribution in [1.29, 1.82) is 0 Å².